The van der Waals surface area contributed by atoms with Gasteiger partial charge in [-0.1, -0.05) is 13.0 Å². The molecule has 0 amide bonds. The molecule has 0 aliphatic carbocycles. The molecule has 1 unspecified atom stereocenters. The SMILES string of the molecule is CCCNC(c1ccc2[nH]c(=O)[nH]c2c1)c1cscc1C. The van der Waals surface area contributed by atoms with Crippen LogP contribution in [0.2, 0.25) is 0 Å². The van der Waals surface area contributed by atoms with Crippen LogP contribution in [0.15, 0.2) is 33.8 Å². The van der Waals surface area contributed by atoms with Gasteiger partial charge in [-0.3, -0.25) is 0 Å². The van der Waals surface area contributed by atoms with Crippen LogP contribution in [0.1, 0.15) is 36.1 Å². The van der Waals surface area contributed by atoms with Gasteiger partial charge in [-0.15, -0.1) is 0 Å². The number of hydrogen-bond donors (Lipinski definition) is 3. The Kier molecular flexibility index (Phi) is 3.94. The molecule has 0 aliphatic rings. The third-order valence-electron chi connectivity index (χ3n) is 3.68. The maximum Gasteiger partial charge on any atom is 0.323 e. The Morgan fingerprint density at radius 2 is 2.05 bits per heavy atom. The quantitative estimate of drug-likeness (QED) is 0.677. The summed E-state index contributed by atoms with van der Waals surface area (Å²) in [5.41, 5.74) is 5.33. The van der Waals surface area contributed by atoms with Gasteiger partial charge in [0.05, 0.1) is 17.1 Å². The largest absolute Gasteiger partial charge is 0.323 e. The molecule has 0 fully saturated rings. The fourth-order valence-corrected chi connectivity index (χ4v) is 3.47. The predicted octanol–water partition coefficient (Wildman–Crippen LogP) is 3.32. The van der Waals surface area contributed by atoms with Crippen molar-refractivity contribution in [3.63, 3.8) is 0 Å². The van der Waals surface area contributed by atoms with Gasteiger partial charge >= 0.3 is 5.69 Å². The fraction of sp³-hybridized carbons (Fsp3) is 0.312. The molecular formula is C16H19N3OS. The number of aromatic nitrogens is 2. The lowest BCUT2D eigenvalue weighted by Gasteiger charge is -2.19. The van der Waals surface area contributed by atoms with Crippen molar-refractivity contribution < 1.29 is 0 Å². The van der Waals surface area contributed by atoms with Gasteiger partial charge in [0, 0.05) is 0 Å². The second-order valence-electron chi connectivity index (χ2n) is 5.28. The zero-order valence-electron chi connectivity index (χ0n) is 12.2. The maximum atomic E-state index is 11.4. The van der Waals surface area contributed by atoms with E-state index in [-0.39, 0.29) is 11.7 Å². The average molecular weight is 301 g/mol. The molecule has 4 nitrogen and oxygen atoms in total. The topological polar surface area (TPSA) is 60.7 Å². The third-order valence-corrected chi connectivity index (χ3v) is 4.56. The van der Waals surface area contributed by atoms with E-state index in [0.717, 1.165) is 24.0 Å². The first-order chi connectivity index (χ1) is 10.2. The van der Waals surface area contributed by atoms with Crippen LogP contribution in [0.5, 0.6) is 0 Å². The van der Waals surface area contributed by atoms with Gasteiger partial charge in [0.1, 0.15) is 0 Å². The van der Waals surface area contributed by atoms with Crippen molar-refractivity contribution in [3.8, 4) is 0 Å². The minimum Gasteiger partial charge on any atom is -0.306 e. The van der Waals surface area contributed by atoms with Gasteiger partial charge in [0.2, 0.25) is 0 Å². The van der Waals surface area contributed by atoms with E-state index in [2.05, 4.69) is 52.0 Å². The van der Waals surface area contributed by atoms with E-state index >= 15 is 0 Å². The number of hydrogen-bond acceptors (Lipinski definition) is 3. The first-order valence-corrected chi connectivity index (χ1v) is 8.11. The van der Waals surface area contributed by atoms with Gasteiger partial charge in [-0.2, -0.15) is 11.3 Å². The Labute approximate surface area is 127 Å². The molecule has 2 aromatic heterocycles. The molecule has 0 saturated carbocycles. The summed E-state index contributed by atoms with van der Waals surface area (Å²) in [6.45, 7) is 5.27. The molecule has 3 N–H and O–H groups in total. The lowest BCUT2D eigenvalue weighted by atomic mass is 9.98. The molecule has 3 rings (SSSR count). The molecular weight excluding hydrogens is 282 g/mol. The molecule has 0 bridgehead atoms. The van der Waals surface area contributed by atoms with Crippen LogP contribution in [0, 0.1) is 6.92 Å². The molecule has 3 aromatic rings. The second kappa shape index (κ2) is 5.87. The van der Waals surface area contributed by atoms with E-state index < -0.39 is 0 Å². The zero-order valence-corrected chi connectivity index (χ0v) is 13.0. The van der Waals surface area contributed by atoms with Crippen LogP contribution in [0.25, 0.3) is 11.0 Å². The van der Waals surface area contributed by atoms with Crippen molar-refractivity contribution in [1.82, 2.24) is 15.3 Å². The molecule has 0 saturated heterocycles. The molecule has 0 spiro atoms. The van der Waals surface area contributed by atoms with Crippen molar-refractivity contribution >= 4 is 22.4 Å². The Morgan fingerprint density at radius 1 is 1.24 bits per heavy atom. The smallest absolute Gasteiger partial charge is 0.306 e. The third kappa shape index (κ3) is 2.80. The van der Waals surface area contributed by atoms with Crippen LogP contribution >= 0.6 is 11.3 Å². The average Bonchev–Trinajstić information content (AvgIpc) is 3.04. The lowest BCUT2D eigenvalue weighted by molar-refractivity contribution is 0.598. The van der Waals surface area contributed by atoms with Crippen LogP contribution in [-0.2, 0) is 0 Å². The summed E-state index contributed by atoms with van der Waals surface area (Å²) in [5, 5.41) is 7.98. The van der Waals surface area contributed by atoms with Crippen LogP contribution < -0.4 is 11.0 Å². The Balaban J connectivity index is 2.04. The van der Waals surface area contributed by atoms with Crippen molar-refractivity contribution in [2.24, 2.45) is 0 Å². The highest BCUT2D eigenvalue weighted by molar-refractivity contribution is 7.08. The lowest BCUT2D eigenvalue weighted by Crippen LogP contribution is -2.23. The van der Waals surface area contributed by atoms with E-state index in [9.17, 15) is 4.79 Å². The van der Waals surface area contributed by atoms with Crippen molar-refractivity contribution in [2.45, 2.75) is 26.3 Å². The van der Waals surface area contributed by atoms with Crippen LogP contribution in [0.3, 0.4) is 0 Å². The summed E-state index contributed by atoms with van der Waals surface area (Å²) >= 11 is 1.73. The molecule has 1 atom stereocenters. The summed E-state index contributed by atoms with van der Waals surface area (Å²) in [4.78, 5) is 17.0. The first kappa shape index (κ1) is 14.1. The minimum atomic E-state index is -0.160. The summed E-state index contributed by atoms with van der Waals surface area (Å²) in [5.74, 6) is 0. The molecule has 0 aliphatic heterocycles. The van der Waals surface area contributed by atoms with Crippen molar-refractivity contribution in [1.29, 1.82) is 0 Å². The minimum absolute atomic E-state index is 0.160. The van der Waals surface area contributed by atoms with E-state index in [4.69, 9.17) is 0 Å². The number of imidazole rings is 1. The summed E-state index contributed by atoms with van der Waals surface area (Å²) in [6, 6.07) is 6.26. The van der Waals surface area contributed by atoms with E-state index in [1.54, 1.807) is 11.3 Å². The molecule has 0 radical (unpaired) electrons. The number of rotatable bonds is 5. The Morgan fingerprint density at radius 3 is 2.76 bits per heavy atom. The molecule has 21 heavy (non-hydrogen) atoms. The standard InChI is InChI=1S/C16H19N3OS/c1-3-6-17-15(12-9-21-8-10(12)2)11-4-5-13-14(7-11)19-16(20)18-13/h4-5,7-9,15,17H,3,6H2,1-2H3,(H2,18,19,20). The monoisotopic (exact) mass is 301 g/mol. The molecule has 2 heterocycles. The number of benzene rings is 1. The van der Waals surface area contributed by atoms with Gasteiger partial charge in [-0.25, -0.2) is 4.79 Å². The Hall–Kier alpha value is -1.85. The van der Waals surface area contributed by atoms with E-state index in [1.807, 2.05) is 6.07 Å². The molecule has 5 heteroatoms. The molecule has 110 valence electrons. The van der Waals surface area contributed by atoms with Gasteiger partial charge in [-0.05, 0) is 59.5 Å². The summed E-state index contributed by atoms with van der Waals surface area (Å²) < 4.78 is 0. The molecule has 1 aromatic carbocycles. The van der Waals surface area contributed by atoms with Gasteiger partial charge in [0.15, 0.2) is 0 Å². The van der Waals surface area contributed by atoms with Crippen molar-refractivity contribution in [3.05, 3.63) is 56.1 Å². The van der Waals surface area contributed by atoms with Crippen LogP contribution in [0.4, 0.5) is 0 Å². The van der Waals surface area contributed by atoms with Gasteiger partial charge < -0.3 is 15.3 Å². The highest BCUT2D eigenvalue weighted by atomic mass is 32.1. The first-order valence-electron chi connectivity index (χ1n) is 7.17. The van der Waals surface area contributed by atoms with Gasteiger partial charge in [0.25, 0.3) is 0 Å². The number of H-pyrrole nitrogens is 2. The number of nitrogens with one attached hydrogen (secondary N) is 3. The van der Waals surface area contributed by atoms with Crippen LogP contribution in [-0.4, -0.2) is 16.5 Å². The number of thiophene rings is 1. The number of aryl methyl sites for hydroxylation is 1. The Bertz CT molecular complexity index is 799. The summed E-state index contributed by atoms with van der Waals surface area (Å²) in [7, 11) is 0. The maximum absolute atomic E-state index is 11.4. The predicted molar refractivity (Wildman–Crippen MR) is 88.1 cm³/mol. The summed E-state index contributed by atoms with van der Waals surface area (Å²) in [6.07, 6.45) is 1.09. The zero-order chi connectivity index (χ0) is 14.8. The van der Waals surface area contributed by atoms with Crippen molar-refractivity contribution in [2.75, 3.05) is 6.54 Å². The highest BCUT2D eigenvalue weighted by Gasteiger charge is 2.17. The second-order valence-corrected chi connectivity index (χ2v) is 6.02. The number of fused-ring (bicyclic) bond motifs is 1. The number of aromatic amines is 2. The van der Waals surface area contributed by atoms with E-state index in [0.29, 0.717) is 0 Å². The fourth-order valence-electron chi connectivity index (χ4n) is 2.59. The normalized spacial score (nSPS) is 12.9. The highest BCUT2D eigenvalue weighted by Crippen LogP contribution is 2.28. The van der Waals surface area contributed by atoms with E-state index in [1.165, 1.54) is 16.7 Å².